The molecule has 0 spiro atoms. The van der Waals surface area contributed by atoms with E-state index in [1.54, 1.807) is 6.07 Å². The first-order chi connectivity index (χ1) is 7.43. The Balaban J connectivity index is 2.73. The molecule has 0 amide bonds. The van der Waals surface area contributed by atoms with Crippen molar-refractivity contribution >= 4 is 5.97 Å². The quantitative estimate of drug-likeness (QED) is 0.836. The third-order valence-corrected chi connectivity index (χ3v) is 3.02. The first kappa shape index (κ1) is 12.8. The molecule has 0 saturated carbocycles. The number of hydrogen-bond acceptors (Lipinski definition) is 3. The predicted molar refractivity (Wildman–Crippen MR) is 61.4 cm³/mol. The van der Waals surface area contributed by atoms with Crippen molar-refractivity contribution in [2.75, 3.05) is 7.05 Å². The Labute approximate surface area is 95.9 Å². The number of carboxylic acids is 1. The van der Waals surface area contributed by atoms with Crippen LogP contribution in [0.4, 0.5) is 0 Å². The van der Waals surface area contributed by atoms with Crippen molar-refractivity contribution in [3.05, 3.63) is 23.7 Å². The van der Waals surface area contributed by atoms with Crippen molar-refractivity contribution < 1.29 is 14.3 Å². The number of rotatable bonds is 5. The molecule has 1 N–H and O–H groups in total. The molecule has 0 fully saturated rings. The van der Waals surface area contributed by atoms with Gasteiger partial charge < -0.3 is 9.52 Å². The Bertz CT molecular complexity index is 357. The minimum absolute atomic E-state index is 0.0443. The van der Waals surface area contributed by atoms with Crippen LogP contribution < -0.4 is 0 Å². The van der Waals surface area contributed by atoms with E-state index in [0.717, 1.165) is 5.56 Å². The van der Waals surface area contributed by atoms with E-state index >= 15 is 0 Å². The Morgan fingerprint density at radius 3 is 2.62 bits per heavy atom. The van der Waals surface area contributed by atoms with Crippen molar-refractivity contribution in [3.8, 4) is 0 Å². The summed E-state index contributed by atoms with van der Waals surface area (Å²) in [5.41, 5.74) is 0.725. The number of furan rings is 1. The molecule has 4 heteroatoms. The second-order valence-electron chi connectivity index (χ2n) is 4.48. The first-order valence-electron chi connectivity index (χ1n) is 5.43. The summed E-state index contributed by atoms with van der Waals surface area (Å²) in [6.45, 7) is 7.02. The maximum Gasteiger partial charge on any atom is 0.372 e. The van der Waals surface area contributed by atoms with Gasteiger partial charge in [-0.05, 0) is 26.0 Å². The normalized spacial score (nSPS) is 13.4. The molecule has 1 aromatic heterocycles. The van der Waals surface area contributed by atoms with Crippen molar-refractivity contribution in [2.45, 2.75) is 33.4 Å². The van der Waals surface area contributed by atoms with Crippen LogP contribution in [-0.2, 0) is 6.54 Å². The van der Waals surface area contributed by atoms with Crippen LogP contribution in [0.15, 0.2) is 16.7 Å². The lowest BCUT2D eigenvalue weighted by Gasteiger charge is -2.27. The average Bonchev–Trinajstić information content (AvgIpc) is 2.64. The number of carbonyl (C=O) groups is 1. The van der Waals surface area contributed by atoms with Crippen molar-refractivity contribution in [1.29, 1.82) is 0 Å². The number of hydrogen-bond donors (Lipinski definition) is 1. The third-order valence-electron chi connectivity index (χ3n) is 3.02. The summed E-state index contributed by atoms with van der Waals surface area (Å²) in [4.78, 5) is 13.0. The molecular formula is C12H19NO3. The van der Waals surface area contributed by atoms with Gasteiger partial charge in [0.25, 0.3) is 0 Å². The van der Waals surface area contributed by atoms with Gasteiger partial charge in [0, 0.05) is 18.2 Å². The van der Waals surface area contributed by atoms with Crippen LogP contribution in [0.1, 0.15) is 36.9 Å². The van der Waals surface area contributed by atoms with Crippen LogP contribution in [0.2, 0.25) is 0 Å². The van der Waals surface area contributed by atoms with Crippen molar-refractivity contribution in [3.63, 3.8) is 0 Å². The Hall–Kier alpha value is -1.29. The van der Waals surface area contributed by atoms with Gasteiger partial charge in [-0.15, -0.1) is 0 Å². The molecule has 0 radical (unpaired) electrons. The van der Waals surface area contributed by atoms with Gasteiger partial charge in [0.1, 0.15) is 0 Å². The van der Waals surface area contributed by atoms with Crippen LogP contribution in [0.5, 0.6) is 0 Å². The Morgan fingerprint density at radius 1 is 1.50 bits per heavy atom. The third kappa shape index (κ3) is 2.85. The first-order valence-corrected chi connectivity index (χ1v) is 5.43. The molecule has 0 bridgehead atoms. The summed E-state index contributed by atoms with van der Waals surface area (Å²) in [5, 5.41) is 8.90. The van der Waals surface area contributed by atoms with Gasteiger partial charge in [-0.25, -0.2) is 4.79 Å². The van der Waals surface area contributed by atoms with E-state index in [1.807, 2.05) is 7.05 Å². The lowest BCUT2D eigenvalue weighted by atomic mass is 10.0. The average molecular weight is 225 g/mol. The minimum atomic E-state index is -1.01. The monoisotopic (exact) mass is 225 g/mol. The molecule has 1 rings (SSSR count). The number of nitrogens with zero attached hydrogens (tertiary/aromatic N) is 1. The Kier molecular flexibility index (Phi) is 4.12. The lowest BCUT2D eigenvalue weighted by molar-refractivity contribution is 0.0658. The molecule has 90 valence electrons. The van der Waals surface area contributed by atoms with Gasteiger partial charge >= 0.3 is 5.97 Å². The van der Waals surface area contributed by atoms with Gasteiger partial charge in [-0.3, -0.25) is 4.90 Å². The molecule has 0 aliphatic carbocycles. The molecular weight excluding hydrogens is 206 g/mol. The fourth-order valence-corrected chi connectivity index (χ4v) is 1.57. The van der Waals surface area contributed by atoms with E-state index in [4.69, 9.17) is 9.52 Å². The fourth-order valence-electron chi connectivity index (χ4n) is 1.57. The van der Waals surface area contributed by atoms with E-state index in [9.17, 15) is 4.79 Å². The second-order valence-corrected chi connectivity index (χ2v) is 4.48. The standard InChI is InChI=1S/C12H19NO3/c1-8(2)9(3)13(4)7-10-5-6-16-11(10)12(14)15/h5-6,8-9H,7H2,1-4H3,(H,14,15). The van der Waals surface area contributed by atoms with E-state index in [1.165, 1.54) is 6.26 Å². The summed E-state index contributed by atoms with van der Waals surface area (Å²) in [7, 11) is 1.99. The maximum absolute atomic E-state index is 10.9. The van der Waals surface area contributed by atoms with Crippen molar-refractivity contribution in [1.82, 2.24) is 4.90 Å². The van der Waals surface area contributed by atoms with Crippen molar-refractivity contribution in [2.24, 2.45) is 5.92 Å². The topological polar surface area (TPSA) is 53.7 Å². The Morgan fingerprint density at radius 2 is 2.12 bits per heavy atom. The second kappa shape index (κ2) is 5.16. The van der Waals surface area contributed by atoms with E-state index in [-0.39, 0.29) is 5.76 Å². The predicted octanol–water partition coefficient (Wildman–Crippen LogP) is 2.45. The molecule has 1 heterocycles. The zero-order chi connectivity index (χ0) is 12.3. The lowest BCUT2D eigenvalue weighted by Crippen LogP contribution is -2.32. The molecule has 1 atom stereocenters. The highest BCUT2D eigenvalue weighted by Crippen LogP contribution is 2.16. The summed E-state index contributed by atoms with van der Waals surface area (Å²) in [5.74, 6) is -0.432. The van der Waals surface area contributed by atoms with Gasteiger partial charge in [-0.1, -0.05) is 13.8 Å². The molecule has 4 nitrogen and oxygen atoms in total. The molecule has 0 aliphatic rings. The summed E-state index contributed by atoms with van der Waals surface area (Å²) in [6.07, 6.45) is 1.42. The van der Waals surface area contributed by atoms with Crippen LogP contribution in [0.25, 0.3) is 0 Å². The zero-order valence-electron chi connectivity index (χ0n) is 10.2. The largest absolute Gasteiger partial charge is 0.475 e. The molecule has 0 aromatic carbocycles. The van der Waals surface area contributed by atoms with E-state index in [2.05, 4.69) is 25.7 Å². The summed E-state index contributed by atoms with van der Waals surface area (Å²) >= 11 is 0. The minimum Gasteiger partial charge on any atom is -0.475 e. The zero-order valence-corrected chi connectivity index (χ0v) is 10.2. The van der Waals surface area contributed by atoms with Crippen LogP contribution in [-0.4, -0.2) is 29.1 Å². The van der Waals surface area contributed by atoms with Crippen LogP contribution in [0, 0.1) is 5.92 Å². The van der Waals surface area contributed by atoms with Gasteiger partial charge in [0.05, 0.1) is 6.26 Å². The molecule has 1 aromatic rings. The highest BCUT2D eigenvalue weighted by atomic mass is 16.4. The summed E-state index contributed by atoms with van der Waals surface area (Å²) < 4.78 is 4.94. The fraction of sp³-hybridized carbons (Fsp3) is 0.583. The van der Waals surface area contributed by atoms with Gasteiger partial charge in [0.2, 0.25) is 5.76 Å². The van der Waals surface area contributed by atoms with E-state index in [0.29, 0.717) is 18.5 Å². The van der Waals surface area contributed by atoms with Gasteiger partial charge in [0.15, 0.2) is 0 Å². The summed E-state index contributed by atoms with van der Waals surface area (Å²) in [6, 6.07) is 2.11. The smallest absolute Gasteiger partial charge is 0.372 e. The van der Waals surface area contributed by atoms with Crippen LogP contribution >= 0.6 is 0 Å². The van der Waals surface area contributed by atoms with Crippen LogP contribution in [0.3, 0.4) is 0 Å². The molecule has 16 heavy (non-hydrogen) atoms. The molecule has 1 unspecified atom stereocenters. The van der Waals surface area contributed by atoms with Gasteiger partial charge in [-0.2, -0.15) is 0 Å². The maximum atomic E-state index is 10.9. The number of aromatic carboxylic acids is 1. The SMILES string of the molecule is CC(C)C(C)N(C)Cc1ccoc1C(=O)O. The molecule has 0 saturated heterocycles. The molecule has 0 aliphatic heterocycles. The number of carboxylic acid groups (broad SMARTS) is 1. The van der Waals surface area contributed by atoms with E-state index < -0.39 is 5.97 Å². The highest BCUT2D eigenvalue weighted by Gasteiger charge is 2.18. The highest BCUT2D eigenvalue weighted by molar-refractivity contribution is 5.86.